The maximum absolute atomic E-state index is 12.0. The molecule has 0 saturated carbocycles. The van der Waals surface area contributed by atoms with Gasteiger partial charge in [0.1, 0.15) is 6.04 Å². The first kappa shape index (κ1) is 49.6. The molecule has 0 saturated heterocycles. The number of hydrogen-bond acceptors (Lipinski definition) is 5. The van der Waals surface area contributed by atoms with Gasteiger partial charge in [0.25, 0.3) is 0 Å². The second-order valence-electron chi connectivity index (χ2n) is 16.1. The van der Waals surface area contributed by atoms with Gasteiger partial charge in [0.05, 0.1) is 0 Å². The Labute approximate surface area is 317 Å². The van der Waals surface area contributed by atoms with Crippen molar-refractivity contribution in [1.29, 1.82) is 0 Å². The standard InChI is InChI=1S/C45H87NO5/c1-4-7-10-13-16-17-19-22-27-32-39-45(37-30-25-14-11-8-5-2,38-31-26-15-12-9-6-3)40-33-28-23-20-18-21-24-29-34-43(49)51-44(50)41(46)35-36-42(47)48/h41H,4-40,46H2,1-3H3,(H,47,48)/t41-/m0/s1. The van der Waals surface area contributed by atoms with Crippen LogP contribution in [0.2, 0.25) is 0 Å². The van der Waals surface area contributed by atoms with Gasteiger partial charge in [0.2, 0.25) is 0 Å². The summed E-state index contributed by atoms with van der Waals surface area (Å²) in [4.78, 5) is 34.5. The Balaban J connectivity index is 4.67. The van der Waals surface area contributed by atoms with Crippen LogP contribution >= 0.6 is 0 Å². The molecular weight excluding hydrogens is 634 g/mol. The molecule has 0 rings (SSSR count). The van der Waals surface area contributed by atoms with Gasteiger partial charge in [-0.2, -0.15) is 0 Å². The highest BCUT2D eigenvalue weighted by molar-refractivity contribution is 5.88. The van der Waals surface area contributed by atoms with Gasteiger partial charge in [-0.1, -0.05) is 207 Å². The number of esters is 2. The average Bonchev–Trinajstić information content (AvgIpc) is 3.11. The maximum atomic E-state index is 12.0. The van der Waals surface area contributed by atoms with E-state index in [2.05, 4.69) is 20.8 Å². The van der Waals surface area contributed by atoms with Crippen molar-refractivity contribution < 1.29 is 24.2 Å². The van der Waals surface area contributed by atoms with Crippen molar-refractivity contribution in [3.05, 3.63) is 0 Å². The number of carboxylic acid groups (broad SMARTS) is 1. The topological polar surface area (TPSA) is 107 Å². The molecule has 6 heteroatoms. The van der Waals surface area contributed by atoms with E-state index < -0.39 is 23.9 Å². The number of aliphatic carboxylic acids is 1. The molecule has 0 amide bonds. The summed E-state index contributed by atoms with van der Waals surface area (Å²) in [6.45, 7) is 6.93. The molecule has 0 aliphatic rings. The molecule has 0 aliphatic carbocycles. The molecule has 51 heavy (non-hydrogen) atoms. The molecule has 0 heterocycles. The summed E-state index contributed by atoms with van der Waals surface area (Å²) in [7, 11) is 0. The first-order chi connectivity index (χ1) is 24.8. The van der Waals surface area contributed by atoms with Crippen molar-refractivity contribution in [3.63, 3.8) is 0 Å². The predicted molar refractivity (Wildman–Crippen MR) is 217 cm³/mol. The van der Waals surface area contributed by atoms with Gasteiger partial charge >= 0.3 is 17.9 Å². The number of ether oxygens (including phenoxy) is 1. The highest BCUT2D eigenvalue weighted by atomic mass is 16.6. The van der Waals surface area contributed by atoms with Crippen LogP contribution in [0.15, 0.2) is 0 Å². The van der Waals surface area contributed by atoms with E-state index in [1.807, 2.05) is 0 Å². The number of unbranched alkanes of at least 4 members (excludes halogenated alkanes) is 26. The third-order valence-corrected chi connectivity index (χ3v) is 11.2. The minimum Gasteiger partial charge on any atom is -0.481 e. The number of carbonyl (C=O) groups is 3. The molecule has 0 aromatic carbocycles. The Hall–Kier alpha value is -1.43. The first-order valence-corrected chi connectivity index (χ1v) is 22.5. The Bertz CT molecular complexity index is 783. The van der Waals surface area contributed by atoms with E-state index in [1.54, 1.807) is 0 Å². The molecule has 0 spiro atoms. The number of carbonyl (C=O) groups excluding carboxylic acids is 2. The Morgan fingerprint density at radius 2 is 0.765 bits per heavy atom. The monoisotopic (exact) mass is 722 g/mol. The molecule has 0 aromatic rings. The summed E-state index contributed by atoms with van der Waals surface area (Å²) in [5.41, 5.74) is 6.19. The maximum Gasteiger partial charge on any atom is 0.330 e. The highest BCUT2D eigenvalue weighted by Gasteiger charge is 2.28. The lowest BCUT2D eigenvalue weighted by molar-refractivity contribution is -0.160. The van der Waals surface area contributed by atoms with Crippen LogP contribution in [0.25, 0.3) is 0 Å². The van der Waals surface area contributed by atoms with Gasteiger partial charge in [-0.05, 0) is 43.9 Å². The third kappa shape index (κ3) is 32.9. The van der Waals surface area contributed by atoms with Crippen molar-refractivity contribution in [2.75, 3.05) is 0 Å². The summed E-state index contributed by atoms with van der Waals surface area (Å²) < 4.78 is 4.80. The van der Waals surface area contributed by atoms with E-state index in [1.165, 1.54) is 199 Å². The van der Waals surface area contributed by atoms with Crippen LogP contribution in [-0.2, 0) is 19.1 Å². The molecule has 0 aromatic heterocycles. The summed E-state index contributed by atoms with van der Waals surface area (Å²) in [5.74, 6) is -2.41. The molecule has 0 bridgehead atoms. The molecule has 1 atom stereocenters. The molecular formula is C45H87NO5. The third-order valence-electron chi connectivity index (χ3n) is 11.2. The molecule has 0 fully saturated rings. The molecule has 3 N–H and O–H groups in total. The summed E-state index contributed by atoms with van der Waals surface area (Å²) >= 11 is 0. The van der Waals surface area contributed by atoms with Gasteiger partial charge in [-0.3, -0.25) is 9.59 Å². The molecule has 0 unspecified atom stereocenters. The largest absolute Gasteiger partial charge is 0.481 e. The Morgan fingerprint density at radius 3 is 1.08 bits per heavy atom. The van der Waals surface area contributed by atoms with Crippen molar-refractivity contribution in [1.82, 2.24) is 0 Å². The lowest BCUT2D eigenvalue weighted by Gasteiger charge is -2.35. The lowest BCUT2D eigenvalue weighted by Crippen LogP contribution is -2.34. The molecule has 302 valence electrons. The van der Waals surface area contributed by atoms with Gasteiger partial charge in [-0.15, -0.1) is 0 Å². The fourth-order valence-electron chi connectivity index (χ4n) is 7.76. The minimum absolute atomic E-state index is 0.0277. The number of carboxylic acids is 1. The minimum atomic E-state index is -1.07. The van der Waals surface area contributed by atoms with Crippen LogP contribution in [0.4, 0.5) is 0 Å². The normalized spacial score (nSPS) is 12.3. The van der Waals surface area contributed by atoms with Crippen LogP contribution in [0.3, 0.4) is 0 Å². The van der Waals surface area contributed by atoms with Gasteiger partial charge in [0, 0.05) is 12.8 Å². The van der Waals surface area contributed by atoms with Gasteiger partial charge < -0.3 is 15.6 Å². The fourth-order valence-corrected chi connectivity index (χ4v) is 7.76. The van der Waals surface area contributed by atoms with Crippen molar-refractivity contribution in [2.24, 2.45) is 11.1 Å². The molecule has 6 nitrogen and oxygen atoms in total. The zero-order valence-electron chi connectivity index (χ0n) is 34.4. The molecule has 0 radical (unpaired) electrons. The van der Waals surface area contributed by atoms with Gasteiger partial charge in [0.15, 0.2) is 0 Å². The lowest BCUT2D eigenvalue weighted by atomic mass is 9.70. The van der Waals surface area contributed by atoms with Crippen molar-refractivity contribution >= 4 is 17.9 Å². The first-order valence-electron chi connectivity index (χ1n) is 22.5. The second-order valence-corrected chi connectivity index (χ2v) is 16.1. The summed E-state index contributed by atoms with van der Waals surface area (Å²) in [5, 5.41) is 8.72. The summed E-state index contributed by atoms with van der Waals surface area (Å²) in [6, 6.07) is -1.07. The van der Waals surface area contributed by atoms with E-state index in [9.17, 15) is 14.4 Å². The Kier molecular flexibility index (Phi) is 35.9. The van der Waals surface area contributed by atoms with Crippen LogP contribution in [0.5, 0.6) is 0 Å². The predicted octanol–water partition coefficient (Wildman–Crippen LogP) is 13.9. The van der Waals surface area contributed by atoms with Crippen molar-refractivity contribution in [3.8, 4) is 0 Å². The number of nitrogens with two attached hydrogens (primary N) is 1. The van der Waals surface area contributed by atoms with E-state index in [4.69, 9.17) is 15.6 Å². The number of hydrogen-bond donors (Lipinski definition) is 2. The Morgan fingerprint density at radius 1 is 0.471 bits per heavy atom. The second kappa shape index (κ2) is 36.9. The van der Waals surface area contributed by atoms with E-state index in [-0.39, 0.29) is 19.3 Å². The number of rotatable bonds is 40. The highest BCUT2D eigenvalue weighted by Crippen LogP contribution is 2.42. The van der Waals surface area contributed by atoms with E-state index in [0.717, 1.165) is 12.8 Å². The SMILES string of the molecule is CCCCCCCCCCCCC(CCCCCCCC)(CCCCCCCC)CCCCCCCCCCC(=O)OC(=O)[C@@H](N)CCC(=O)O. The zero-order valence-corrected chi connectivity index (χ0v) is 34.4. The van der Waals surface area contributed by atoms with E-state index >= 15 is 0 Å². The average molecular weight is 722 g/mol. The zero-order chi connectivity index (χ0) is 37.7. The van der Waals surface area contributed by atoms with Crippen LogP contribution in [0.1, 0.15) is 258 Å². The fraction of sp³-hybridized carbons (Fsp3) is 0.933. The quantitative estimate of drug-likeness (QED) is 0.0370. The van der Waals surface area contributed by atoms with Crippen molar-refractivity contribution in [2.45, 2.75) is 264 Å². The van der Waals surface area contributed by atoms with Crippen LogP contribution < -0.4 is 5.73 Å². The van der Waals surface area contributed by atoms with Gasteiger partial charge in [-0.25, -0.2) is 4.79 Å². The molecule has 0 aliphatic heterocycles. The smallest absolute Gasteiger partial charge is 0.330 e. The van der Waals surface area contributed by atoms with E-state index in [0.29, 0.717) is 11.8 Å². The van der Waals surface area contributed by atoms with Crippen LogP contribution in [0, 0.1) is 5.41 Å². The van der Waals surface area contributed by atoms with Crippen LogP contribution in [-0.4, -0.2) is 29.1 Å². The summed E-state index contributed by atoms with van der Waals surface area (Å²) in [6.07, 6.45) is 45.9.